The van der Waals surface area contributed by atoms with Crippen LogP contribution >= 0.6 is 0 Å². The summed E-state index contributed by atoms with van der Waals surface area (Å²) in [5.74, 6) is 0.563. The molecule has 2 aliphatic carbocycles. The largest absolute Gasteiger partial charge is 0.387 e. The summed E-state index contributed by atoms with van der Waals surface area (Å²) < 4.78 is 0. The Balaban J connectivity index is 1.21. The molecule has 5 rings (SSSR count). The number of nitrogens with zero attached hydrogens (tertiary/aromatic N) is 2. The van der Waals surface area contributed by atoms with Crippen molar-refractivity contribution in [1.29, 1.82) is 0 Å². The fourth-order valence-electron chi connectivity index (χ4n) is 6.52. The van der Waals surface area contributed by atoms with Gasteiger partial charge in [0.15, 0.2) is 0 Å². The lowest BCUT2D eigenvalue weighted by Gasteiger charge is -2.45. The van der Waals surface area contributed by atoms with Gasteiger partial charge in [0.2, 0.25) is 11.8 Å². The molecule has 3 fully saturated rings. The highest BCUT2D eigenvalue weighted by molar-refractivity contribution is 6.06. The van der Waals surface area contributed by atoms with Crippen LogP contribution in [0.1, 0.15) is 63.0 Å². The number of amidine groups is 1. The number of anilines is 1. The van der Waals surface area contributed by atoms with Crippen molar-refractivity contribution in [3.63, 3.8) is 0 Å². The summed E-state index contributed by atoms with van der Waals surface area (Å²) in [4.78, 5) is 31.6. The Morgan fingerprint density at radius 2 is 1.97 bits per heavy atom. The minimum Gasteiger partial charge on any atom is -0.387 e. The van der Waals surface area contributed by atoms with Gasteiger partial charge in [0.25, 0.3) is 0 Å². The number of carbonyl (C=O) groups excluding carboxylic acids is 2. The lowest BCUT2D eigenvalue weighted by Crippen LogP contribution is -2.47. The quantitative estimate of drug-likeness (QED) is 0.581. The van der Waals surface area contributed by atoms with E-state index in [0.717, 1.165) is 57.3 Å². The van der Waals surface area contributed by atoms with E-state index in [4.69, 9.17) is 5.73 Å². The topological polar surface area (TPSA) is 87.8 Å². The summed E-state index contributed by atoms with van der Waals surface area (Å²) in [6.07, 6.45) is 7.05. The predicted octanol–water partition coefficient (Wildman–Crippen LogP) is 3.13. The third-order valence-corrected chi connectivity index (χ3v) is 8.16. The number of hydrogen-bond donors (Lipinski definition) is 2. The average Bonchev–Trinajstić information content (AvgIpc) is 3.23. The third-order valence-electron chi connectivity index (χ3n) is 8.16. The van der Waals surface area contributed by atoms with Gasteiger partial charge >= 0.3 is 0 Å². The van der Waals surface area contributed by atoms with Crippen molar-refractivity contribution in [1.82, 2.24) is 4.90 Å². The molecule has 0 atom stereocenters. The maximum Gasteiger partial charge on any atom is 0.250 e. The molecule has 30 heavy (non-hydrogen) atoms. The summed E-state index contributed by atoms with van der Waals surface area (Å²) in [6, 6.07) is 6.88. The second-order valence-electron chi connectivity index (χ2n) is 10.2. The average molecular weight is 409 g/mol. The minimum absolute atomic E-state index is 0.0418. The minimum atomic E-state index is -0.332. The first-order valence-corrected chi connectivity index (χ1v) is 11.3. The molecule has 0 bridgehead atoms. The van der Waals surface area contributed by atoms with Crippen LogP contribution in [0.2, 0.25) is 0 Å². The predicted molar refractivity (Wildman–Crippen MR) is 117 cm³/mol. The van der Waals surface area contributed by atoms with Crippen LogP contribution in [-0.2, 0) is 15.0 Å². The molecule has 4 aliphatic rings. The van der Waals surface area contributed by atoms with E-state index in [1.54, 1.807) is 6.92 Å². The first kappa shape index (κ1) is 19.7. The van der Waals surface area contributed by atoms with Crippen LogP contribution in [0.3, 0.4) is 0 Å². The second-order valence-corrected chi connectivity index (χ2v) is 10.2. The molecule has 0 aromatic heterocycles. The first-order chi connectivity index (χ1) is 14.3. The number of hydrogen-bond acceptors (Lipinski definition) is 3. The highest BCUT2D eigenvalue weighted by Gasteiger charge is 2.54. The number of rotatable bonds is 2. The number of nitrogens with one attached hydrogen (secondary N) is 1. The van der Waals surface area contributed by atoms with Gasteiger partial charge in [-0.1, -0.05) is 17.7 Å². The van der Waals surface area contributed by atoms with Crippen LogP contribution in [0.25, 0.3) is 0 Å². The number of benzene rings is 1. The molecule has 1 aromatic rings. The summed E-state index contributed by atoms with van der Waals surface area (Å²) in [5.41, 5.74) is 8.96. The molecule has 2 saturated carbocycles. The maximum absolute atomic E-state index is 12.9. The maximum atomic E-state index is 12.9. The third kappa shape index (κ3) is 3.08. The fraction of sp³-hybridized carbons (Fsp3) is 0.625. The van der Waals surface area contributed by atoms with E-state index >= 15 is 0 Å². The van der Waals surface area contributed by atoms with Crippen molar-refractivity contribution in [3.8, 4) is 0 Å². The number of fused-ring (bicyclic) bond motifs is 2. The Bertz CT molecular complexity index is 919. The first-order valence-electron chi connectivity index (χ1n) is 11.3. The summed E-state index contributed by atoms with van der Waals surface area (Å²) in [5, 5.41) is 3.13. The van der Waals surface area contributed by atoms with E-state index in [1.807, 2.05) is 0 Å². The molecule has 2 heterocycles. The Hall–Kier alpha value is -2.21. The number of carbonyl (C=O) groups is 2. The molecule has 2 aliphatic heterocycles. The van der Waals surface area contributed by atoms with Crippen molar-refractivity contribution in [2.45, 2.75) is 70.3 Å². The van der Waals surface area contributed by atoms with Crippen LogP contribution in [0.5, 0.6) is 0 Å². The van der Waals surface area contributed by atoms with Crippen LogP contribution in [-0.4, -0.2) is 41.7 Å². The van der Waals surface area contributed by atoms with Crippen molar-refractivity contribution in [3.05, 3.63) is 29.3 Å². The van der Waals surface area contributed by atoms with Crippen LogP contribution < -0.4 is 11.1 Å². The molecule has 3 N–H and O–H groups in total. The Kier molecular flexibility index (Phi) is 4.54. The van der Waals surface area contributed by atoms with E-state index < -0.39 is 0 Å². The molecular formula is C24H32N4O2. The zero-order chi connectivity index (χ0) is 21.1. The van der Waals surface area contributed by atoms with Gasteiger partial charge in [-0.25, -0.2) is 4.99 Å². The molecule has 2 amide bonds. The van der Waals surface area contributed by atoms with Crippen molar-refractivity contribution in [2.24, 2.45) is 22.1 Å². The SMILES string of the molecule is CC(N)=NC(=O)C1CC2(CCN(C3CCC4(CC3)C(=O)Nc3ccc(C)cc34)C2)C1. The molecule has 6 nitrogen and oxygen atoms in total. The van der Waals surface area contributed by atoms with Crippen LogP contribution in [0.4, 0.5) is 5.69 Å². The lowest BCUT2D eigenvalue weighted by molar-refractivity contribution is -0.128. The van der Waals surface area contributed by atoms with Gasteiger partial charge in [-0.05, 0) is 82.4 Å². The zero-order valence-electron chi connectivity index (χ0n) is 18.0. The Morgan fingerprint density at radius 3 is 2.67 bits per heavy atom. The van der Waals surface area contributed by atoms with Gasteiger partial charge in [0, 0.05) is 24.2 Å². The number of likely N-dealkylation sites (tertiary alicyclic amines) is 1. The van der Waals surface area contributed by atoms with Gasteiger partial charge in [0.1, 0.15) is 0 Å². The van der Waals surface area contributed by atoms with Crippen LogP contribution in [0, 0.1) is 18.3 Å². The van der Waals surface area contributed by atoms with Gasteiger partial charge in [-0.2, -0.15) is 0 Å². The van der Waals surface area contributed by atoms with Gasteiger partial charge in [0.05, 0.1) is 11.3 Å². The highest BCUT2D eigenvalue weighted by atomic mass is 16.2. The van der Waals surface area contributed by atoms with Crippen molar-refractivity contribution < 1.29 is 9.59 Å². The van der Waals surface area contributed by atoms with E-state index in [1.165, 1.54) is 17.5 Å². The molecule has 0 unspecified atom stereocenters. The van der Waals surface area contributed by atoms with Crippen LogP contribution in [0.15, 0.2) is 23.2 Å². The molecular weight excluding hydrogens is 376 g/mol. The summed E-state index contributed by atoms with van der Waals surface area (Å²) in [7, 11) is 0. The van der Waals surface area contributed by atoms with Gasteiger partial charge in [-0.15, -0.1) is 0 Å². The van der Waals surface area contributed by atoms with E-state index in [9.17, 15) is 9.59 Å². The number of aryl methyl sites for hydroxylation is 1. The molecule has 6 heteroatoms. The normalized spacial score (nSPS) is 36.1. The van der Waals surface area contributed by atoms with E-state index in [-0.39, 0.29) is 23.1 Å². The lowest BCUT2D eigenvalue weighted by atomic mass is 9.61. The second kappa shape index (κ2) is 6.91. The van der Waals surface area contributed by atoms with E-state index in [2.05, 4.69) is 40.3 Å². The number of amides is 2. The fourth-order valence-corrected chi connectivity index (χ4v) is 6.52. The Morgan fingerprint density at radius 1 is 1.23 bits per heavy atom. The summed E-state index contributed by atoms with van der Waals surface area (Å²) >= 11 is 0. The molecule has 2 spiro atoms. The molecule has 160 valence electrons. The molecule has 1 saturated heterocycles. The zero-order valence-corrected chi connectivity index (χ0v) is 18.0. The van der Waals surface area contributed by atoms with Crippen molar-refractivity contribution >= 4 is 23.3 Å². The van der Waals surface area contributed by atoms with E-state index in [0.29, 0.717) is 17.3 Å². The molecule has 1 aromatic carbocycles. The van der Waals surface area contributed by atoms with Crippen molar-refractivity contribution in [2.75, 3.05) is 18.4 Å². The monoisotopic (exact) mass is 408 g/mol. The number of aliphatic imine (C=N–C) groups is 1. The number of nitrogens with two attached hydrogens (primary N) is 1. The molecule has 0 radical (unpaired) electrons. The Labute approximate surface area is 178 Å². The van der Waals surface area contributed by atoms with Gasteiger partial charge < -0.3 is 11.1 Å². The standard InChI is InChI=1S/C24H32N4O2/c1-15-3-4-20-19(11-15)24(22(30)27-20)7-5-18(6-8-24)28-10-9-23(14-28)12-17(13-23)21(29)26-16(2)25/h3-4,11,17-18H,5-10,12-14H2,1-2H3,(H,27,30)(H2,25,26,29). The summed E-state index contributed by atoms with van der Waals surface area (Å²) in [6.45, 7) is 5.97. The smallest absolute Gasteiger partial charge is 0.250 e. The van der Waals surface area contributed by atoms with Gasteiger partial charge in [-0.3, -0.25) is 14.5 Å². The highest BCUT2D eigenvalue weighted by Crippen LogP contribution is 2.54.